The zero-order valence-corrected chi connectivity index (χ0v) is 13.5. The Kier molecular flexibility index (Phi) is 2.94. The fraction of sp³-hybridized carbons (Fsp3) is 0.722. The van der Waals surface area contributed by atoms with Crippen molar-refractivity contribution in [2.24, 2.45) is 16.7 Å². The van der Waals surface area contributed by atoms with Gasteiger partial charge in [-0.3, -0.25) is 4.79 Å². The van der Waals surface area contributed by atoms with E-state index in [2.05, 4.69) is 45.3 Å². The molecule has 1 heterocycles. The molecule has 1 fully saturated rings. The van der Waals surface area contributed by atoms with Crippen LogP contribution in [0.5, 0.6) is 0 Å². The SMILES string of the molecule is Cc1cc2c(n1CC1(C(C)C)CC1)CC(C)(C)CC2=O. The second-order valence-electron chi connectivity index (χ2n) is 8.19. The van der Waals surface area contributed by atoms with Crippen molar-refractivity contribution >= 4 is 5.78 Å². The summed E-state index contributed by atoms with van der Waals surface area (Å²) in [5, 5.41) is 0. The van der Waals surface area contributed by atoms with E-state index >= 15 is 0 Å². The predicted molar refractivity (Wildman–Crippen MR) is 82.1 cm³/mol. The summed E-state index contributed by atoms with van der Waals surface area (Å²) in [5.74, 6) is 1.07. The first kappa shape index (κ1) is 13.9. The van der Waals surface area contributed by atoms with Crippen molar-refractivity contribution < 1.29 is 4.79 Å². The molecule has 0 radical (unpaired) electrons. The molecule has 0 unspecified atom stereocenters. The van der Waals surface area contributed by atoms with Gasteiger partial charge in [0.1, 0.15) is 0 Å². The number of carbonyl (C=O) groups is 1. The second kappa shape index (κ2) is 4.22. The lowest BCUT2D eigenvalue weighted by Gasteiger charge is -2.31. The molecule has 0 aromatic carbocycles. The first-order valence-electron chi connectivity index (χ1n) is 7.96. The molecule has 1 aromatic rings. The number of hydrogen-bond donors (Lipinski definition) is 0. The smallest absolute Gasteiger partial charge is 0.165 e. The highest BCUT2D eigenvalue weighted by Crippen LogP contribution is 2.54. The Morgan fingerprint density at radius 1 is 1.25 bits per heavy atom. The van der Waals surface area contributed by atoms with Gasteiger partial charge in [-0.05, 0) is 49.0 Å². The van der Waals surface area contributed by atoms with Gasteiger partial charge in [-0.15, -0.1) is 0 Å². The maximum absolute atomic E-state index is 12.4. The minimum atomic E-state index is 0.112. The summed E-state index contributed by atoms with van der Waals surface area (Å²) in [7, 11) is 0. The van der Waals surface area contributed by atoms with Crippen molar-refractivity contribution in [1.29, 1.82) is 0 Å². The zero-order valence-electron chi connectivity index (χ0n) is 13.5. The number of nitrogens with zero attached hydrogens (tertiary/aromatic N) is 1. The van der Waals surface area contributed by atoms with Crippen LogP contribution in [0.25, 0.3) is 0 Å². The van der Waals surface area contributed by atoms with E-state index in [9.17, 15) is 4.79 Å². The van der Waals surface area contributed by atoms with Crippen LogP contribution in [0.1, 0.15) is 68.7 Å². The van der Waals surface area contributed by atoms with Gasteiger partial charge in [0, 0.05) is 29.9 Å². The summed E-state index contributed by atoms with van der Waals surface area (Å²) in [6.07, 6.45) is 4.41. The Morgan fingerprint density at radius 3 is 2.45 bits per heavy atom. The molecule has 0 saturated heterocycles. The van der Waals surface area contributed by atoms with E-state index in [1.54, 1.807) is 0 Å². The van der Waals surface area contributed by atoms with E-state index in [0.29, 0.717) is 17.6 Å². The van der Waals surface area contributed by atoms with Crippen molar-refractivity contribution in [2.75, 3.05) is 0 Å². The molecule has 0 aliphatic heterocycles. The highest BCUT2D eigenvalue weighted by atomic mass is 16.1. The van der Waals surface area contributed by atoms with Crippen molar-refractivity contribution in [3.8, 4) is 0 Å². The van der Waals surface area contributed by atoms with Gasteiger partial charge in [0.15, 0.2) is 5.78 Å². The second-order valence-corrected chi connectivity index (χ2v) is 8.19. The normalized spacial score (nSPS) is 23.0. The summed E-state index contributed by atoms with van der Waals surface area (Å²) in [6, 6.07) is 2.13. The number of aromatic nitrogens is 1. The zero-order chi connectivity index (χ0) is 14.7. The van der Waals surface area contributed by atoms with E-state index in [1.165, 1.54) is 24.2 Å². The molecule has 2 nitrogen and oxygen atoms in total. The predicted octanol–water partition coefficient (Wildman–Crippen LogP) is 4.39. The standard InChI is InChI=1S/C18H27NO/c1-12(2)18(6-7-18)11-19-13(3)8-14-15(19)9-17(4,5)10-16(14)20/h8,12H,6-7,9-11H2,1-5H3. The molecule has 0 bridgehead atoms. The van der Waals surface area contributed by atoms with E-state index in [4.69, 9.17) is 0 Å². The van der Waals surface area contributed by atoms with Gasteiger partial charge in [0.2, 0.25) is 0 Å². The molecule has 1 aromatic heterocycles. The number of Topliss-reactive ketones (excluding diaryl/α,β-unsaturated/α-hetero) is 1. The van der Waals surface area contributed by atoms with Crippen LogP contribution in [0.2, 0.25) is 0 Å². The molecule has 0 amide bonds. The Bertz CT molecular complexity index is 558. The quantitative estimate of drug-likeness (QED) is 0.800. The largest absolute Gasteiger partial charge is 0.348 e. The molecule has 0 atom stereocenters. The number of rotatable bonds is 3. The maximum atomic E-state index is 12.4. The fourth-order valence-corrected chi connectivity index (χ4v) is 3.82. The van der Waals surface area contributed by atoms with Gasteiger partial charge in [-0.1, -0.05) is 27.7 Å². The van der Waals surface area contributed by atoms with Gasteiger partial charge in [0.25, 0.3) is 0 Å². The first-order chi connectivity index (χ1) is 9.24. The third-order valence-corrected chi connectivity index (χ3v) is 5.59. The molecule has 0 spiro atoms. The Hall–Kier alpha value is -1.05. The molecular formula is C18H27NO. The summed E-state index contributed by atoms with van der Waals surface area (Å²) < 4.78 is 2.46. The highest BCUT2D eigenvalue weighted by molar-refractivity contribution is 5.99. The molecule has 3 rings (SSSR count). The number of hydrogen-bond acceptors (Lipinski definition) is 1. The van der Waals surface area contributed by atoms with Gasteiger partial charge >= 0.3 is 0 Å². The number of carbonyl (C=O) groups excluding carboxylic acids is 1. The van der Waals surface area contributed by atoms with Crippen molar-refractivity contribution in [1.82, 2.24) is 4.57 Å². The molecule has 0 N–H and O–H groups in total. The van der Waals surface area contributed by atoms with E-state index in [1.807, 2.05) is 0 Å². The highest BCUT2D eigenvalue weighted by Gasteiger charge is 2.46. The molecule has 20 heavy (non-hydrogen) atoms. The average Bonchev–Trinajstić information content (AvgIpc) is 3.03. The van der Waals surface area contributed by atoms with Crippen LogP contribution in [0.3, 0.4) is 0 Å². The average molecular weight is 273 g/mol. The first-order valence-corrected chi connectivity index (χ1v) is 7.96. The molecule has 1 saturated carbocycles. The summed E-state index contributed by atoms with van der Waals surface area (Å²) in [5.41, 5.74) is 4.17. The Balaban J connectivity index is 1.99. The van der Waals surface area contributed by atoms with E-state index in [0.717, 1.165) is 24.4 Å². The van der Waals surface area contributed by atoms with E-state index < -0.39 is 0 Å². The molecular weight excluding hydrogens is 246 g/mol. The Labute approximate surface area is 122 Å². The van der Waals surface area contributed by atoms with Crippen molar-refractivity contribution in [3.63, 3.8) is 0 Å². The van der Waals surface area contributed by atoms with Crippen LogP contribution in [0, 0.1) is 23.7 Å². The van der Waals surface area contributed by atoms with Gasteiger partial charge in [-0.2, -0.15) is 0 Å². The van der Waals surface area contributed by atoms with Crippen LogP contribution in [-0.4, -0.2) is 10.4 Å². The van der Waals surface area contributed by atoms with Gasteiger partial charge in [-0.25, -0.2) is 0 Å². The summed E-state index contributed by atoms with van der Waals surface area (Å²) in [6.45, 7) is 12.4. The third-order valence-electron chi connectivity index (χ3n) is 5.59. The topological polar surface area (TPSA) is 22.0 Å². The lowest BCUT2D eigenvalue weighted by Crippen LogP contribution is -2.29. The minimum absolute atomic E-state index is 0.112. The van der Waals surface area contributed by atoms with Crippen LogP contribution in [0.4, 0.5) is 0 Å². The molecule has 110 valence electrons. The molecule has 2 aliphatic rings. The fourth-order valence-electron chi connectivity index (χ4n) is 3.82. The molecule has 2 heteroatoms. The van der Waals surface area contributed by atoms with Gasteiger partial charge in [0.05, 0.1) is 0 Å². The van der Waals surface area contributed by atoms with Crippen LogP contribution < -0.4 is 0 Å². The lowest BCUT2D eigenvalue weighted by molar-refractivity contribution is 0.0909. The number of aryl methyl sites for hydroxylation is 1. The van der Waals surface area contributed by atoms with E-state index in [-0.39, 0.29) is 5.41 Å². The Morgan fingerprint density at radius 2 is 1.90 bits per heavy atom. The minimum Gasteiger partial charge on any atom is -0.348 e. The number of ketones is 1. The van der Waals surface area contributed by atoms with Crippen LogP contribution in [0.15, 0.2) is 6.07 Å². The van der Waals surface area contributed by atoms with Crippen LogP contribution >= 0.6 is 0 Å². The van der Waals surface area contributed by atoms with Crippen molar-refractivity contribution in [2.45, 2.75) is 66.8 Å². The monoisotopic (exact) mass is 273 g/mol. The molecule has 2 aliphatic carbocycles. The maximum Gasteiger partial charge on any atom is 0.165 e. The lowest BCUT2D eigenvalue weighted by atomic mass is 9.76. The van der Waals surface area contributed by atoms with Crippen LogP contribution in [-0.2, 0) is 13.0 Å². The van der Waals surface area contributed by atoms with Crippen molar-refractivity contribution in [3.05, 3.63) is 23.0 Å². The summed E-state index contributed by atoms with van der Waals surface area (Å²) in [4.78, 5) is 12.4. The third kappa shape index (κ3) is 2.13. The van der Waals surface area contributed by atoms with Gasteiger partial charge < -0.3 is 4.57 Å². The number of fused-ring (bicyclic) bond motifs is 1. The summed E-state index contributed by atoms with van der Waals surface area (Å²) >= 11 is 0.